The lowest BCUT2D eigenvalue weighted by molar-refractivity contribution is 0.570. The molecule has 0 aromatic heterocycles. The number of rotatable bonds is 5. The molecule has 0 saturated heterocycles. The molecule has 0 heterocycles. The van der Waals surface area contributed by atoms with E-state index in [1.165, 1.54) is 24.0 Å². The fourth-order valence-corrected chi connectivity index (χ4v) is 1.93. The molecule has 0 aliphatic rings. The summed E-state index contributed by atoms with van der Waals surface area (Å²) in [6.45, 7) is 15.2. The van der Waals surface area contributed by atoms with Gasteiger partial charge in [0.05, 0.1) is 0 Å². The van der Waals surface area contributed by atoms with E-state index in [0.717, 1.165) is 13.1 Å². The summed E-state index contributed by atoms with van der Waals surface area (Å²) in [6.07, 6.45) is 2.52. The Balaban J connectivity index is 0.00000137. The van der Waals surface area contributed by atoms with Gasteiger partial charge in [0, 0.05) is 6.54 Å². The summed E-state index contributed by atoms with van der Waals surface area (Å²) < 4.78 is 0. The fourth-order valence-electron chi connectivity index (χ4n) is 1.93. The minimum atomic E-state index is 0.239. The van der Waals surface area contributed by atoms with Gasteiger partial charge in [0.15, 0.2) is 0 Å². The standard InChI is InChI=1S/C15H25N.C2H6/c1-5-6-11-16-12-13-9-7-8-10-14(13)15(2,3)4;1-2/h7-10,16H,5-6,11-12H2,1-4H3;1-2H3. The first-order valence-corrected chi connectivity index (χ1v) is 7.35. The molecule has 0 bridgehead atoms. The molecule has 0 spiro atoms. The molecule has 1 aromatic carbocycles. The van der Waals surface area contributed by atoms with Crippen LogP contribution in [-0.2, 0) is 12.0 Å². The fraction of sp³-hybridized carbons (Fsp3) is 0.647. The Kier molecular flexibility index (Phi) is 8.74. The van der Waals surface area contributed by atoms with Crippen molar-refractivity contribution < 1.29 is 0 Å². The van der Waals surface area contributed by atoms with Gasteiger partial charge in [0.2, 0.25) is 0 Å². The number of nitrogens with one attached hydrogen (secondary N) is 1. The van der Waals surface area contributed by atoms with Crippen molar-refractivity contribution in [3.63, 3.8) is 0 Å². The lowest BCUT2D eigenvalue weighted by Crippen LogP contribution is -2.20. The molecular formula is C17H31N. The number of unbranched alkanes of at least 4 members (excludes halogenated alkanes) is 1. The van der Waals surface area contributed by atoms with Crippen LogP contribution in [0.5, 0.6) is 0 Å². The van der Waals surface area contributed by atoms with Crippen LogP contribution in [0.25, 0.3) is 0 Å². The third-order valence-electron chi connectivity index (χ3n) is 2.85. The van der Waals surface area contributed by atoms with E-state index in [4.69, 9.17) is 0 Å². The van der Waals surface area contributed by atoms with Crippen molar-refractivity contribution in [2.45, 2.75) is 66.3 Å². The predicted molar refractivity (Wildman–Crippen MR) is 83.1 cm³/mol. The van der Waals surface area contributed by atoms with Gasteiger partial charge in [-0.15, -0.1) is 0 Å². The molecule has 0 atom stereocenters. The Morgan fingerprint density at radius 2 is 1.67 bits per heavy atom. The van der Waals surface area contributed by atoms with Gasteiger partial charge in [-0.1, -0.05) is 72.2 Å². The van der Waals surface area contributed by atoms with Crippen LogP contribution in [0.15, 0.2) is 24.3 Å². The van der Waals surface area contributed by atoms with Crippen LogP contribution in [0.3, 0.4) is 0 Å². The third kappa shape index (κ3) is 6.20. The van der Waals surface area contributed by atoms with Crippen LogP contribution in [0.1, 0.15) is 65.5 Å². The molecule has 1 nitrogen and oxygen atoms in total. The van der Waals surface area contributed by atoms with Gasteiger partial charge in [0.1, 0.15) is 0 Å². The predicted octanol–water partition coefficient (Wildman–Crippen LogP) is 4.90. The maximum absolute atomic E-state index is 3.52. The van der Waals surface area contributed by atoms with Crippen molar-refractivity contribution in [3.05, 3.63) is 35.4 Å². The second kappa shape index (κ2) is 9.16. The highest BCUT2D eigenvalue weighted by molar-refractivity contribution is 5.32. The summed E-state index contributed by atoms with van der Waals surface area (Å²) in [5.41, 5.74) is 3.13. The van der Waals surface area contributed by atoms with Crippen LogP contribution in [0.4, 0.5) is 0 Å². The molecule has 1 heteroatoms. The van der Waals surface area contributed by atoms with E-state index in [-0.39, 0.29) is 5.41 Å². The first kappa shape index (κ1) is 17.2. The zero-order valence-electron chi connectivity index (χ0n) is 13.1. The largest absolute Gasteiger partial charge is 0.313 e. The molecule has 0 aliphatic carbocycles. The first-order chi connectivity index (χ1) is 8.55. The van der Waals surface area contributed by atoms with Gasteiger partial charge in [-0.05, 0) is 29.5 Å². The van der Waals surface area contributed by atoms with Crippen LogP contribution < -0.4 is 5.32 Å². The highest BCUT2D eigenvalue weighted by Gasteiger charge is 2.16. The van der Waals surface area contributed by atoms with Crippen molar-refractivity contribution >= 4 is 0 Å². The van der Waals surface area contributed by atoms with Gasteiger partial charge < -0.3 is 5.32 Å². The lowest BCUT2D eigenvalue weighted by Gasteiger charge is -2.23. The highest BCUT2D eigenvalue weighted by Crippen LogP contribution is 2.25. The average Bonchev–Trinajstić information content (AvgIpc) is 2.36. The van der Waals surface area contributed by atoms with Gasteiger partial charge in [0.25, 0.3) is 0 Å². The van der Waals surface area contributed by atoms with Crippen LogP contribution in [0.2, 0.25) is 0 Å². The zero-order chi connectivity index (χ0) is 14.0. The number of hydrogen-bond acceptors (Lipinski definition) is 1. The van der Waals surface area contributed by atoms with E-state index in [0.29, 0.717) is 0 Å². The molecule has 104 valence electrons. The van der Waals surface area contributed by atoms with Gasteiger partial charge in [-0.3, -0.25) is 0 Å². The second-order valence-electron chi connectivity index (χ2n) is 5.44. The summed E-state index contributed by atoms with van der Waals surface area (Å²) >= 11 is 0. The Morgan fingerprint density at radius 1 is 1.06 bits per heavy atom. The minimum Gasteiger partial charge on any atom is -0.313 e. The van der Waals surface area contributed by atoms with E-state index < -0.39 is 0 Å². The molecule has 0 unspecified atom stereocenters. The maximum atomic E-state index is 3.52. The molecule has 0 saturated carbocycles. The van der Waals surface area contributed by atoms with E-state index in [9.17, 15) is 0 Å². The van der Waals surface area contributed by atoms with E-state index in [2.05, 4.69) is 57.3 Å². The molecule has 1 rings (SSSR count). The SMILES string of the molecule is CC.CCCCNCc1ccccc1C(C)(C)C. The van der Waals surface area contributed by atoms with Gasteiger partial charge in [-0.25, -0.2) is 0 Å². The van der Waals surface area contributed by atoms with Gasteiger partial charge in [-0.2, -0.15) is 0 Å². The van der Waals surface area contributed by atoms with Crippen LogP contribution in [-0.4, -0.2) is 6.54 Å². The van der Waals surface area contributed by atoms with Crippen molar-refractivity contribution in [2.24, 2.45) is 0 Å². The minimum absolute atomic E-state index is 0.239. The molecule has 1 aromatic rings. The average molecular weight is 249 g/mol. The molecule has 0 aliphatic heterocycles. The Labute approximate surface area is 114 Å². The first-order valence-electron chi connectivity index (χ1n) is 7.35. The number of benzene rings is 1. The molecule has 0 radical (unpaired) electrons. The summed E-state index contributed by atoms with van der Waals surface area (Å²) in [7, 11) is 0. The summed E-state index contributed by atoms with van der Waals surface area (Å²) in [4.78, 5) is 0. The molecule has 1 N–H and O–H groups in total. The van der Waals surface area contributed by atoms with E-state index in [1.54, 1.807) is 0 Å². The van der Waals surface area contributed by atoms with Crippen LogP contribution >= 0.6 is 0 Å². The van der Waals surface area contributed by atoms with E-state index in [1.807, 2.05) is 13.8 Å². The monoisotopic (exact) mass is 249 g/mol. The zero-order valence-corrected chi connectivity index (χ0v) is 13.1. The molecule has 18 heavy (non-hydrogen) atoms. The van der Waals surface area contributed by atoms with E-state index >= 15 is 0 Å². The highest BCUT2D eigenvalue weighted by atomic mass is 14.8. The Bertz CT molecular complexity index is 310. The summed E-state index contributed by atoms with van der Waals surface area (Å²) in [5, 5.41) is 3.52. The third-order valence-corrected chi connectivity index (χ3v) is 2.85. The Morgan fingerprint density at radius 3 is 2.22 bits per heavy atom. The normalized spacial score (nSPS) is 10.8. The van der Waals surface area contributed by atoms with Crippen molar-refractivity contribution in [2.75, 3.05) is 6.54 Å². The number of hydrogen-bond donors (Lipinski definition) is 1. The molecule has 0 fully saturated rings. The van der Waals surface area contributed by atoms with Crippen molar-refractivity contribution in [1.29, 1.82) is 0 Å². The summed E-state index contributed by atoms with van der Waals surface area (Å²) in [5.74, 6) is 0. The molecular weight excluding hydrogens is 218 g/mol. The van der Waals surface area contributed by atoms with Crippen LogP contribution in [0, 0.1) is 0 Å². The maximum Gasteiger partial charge on any atom is 0.0208 e. The smallest absolute Gasteiger partial charge is 0.0208 e. The Hall–Kier alpha value is -0.820. The van der Waals surface area contributed by atoms with Gasteiger partial charge >= 0.3 is 0 Å². The lowest BCUT2D eigenvalue weighted by atomic mass is 9.84. The summed E-state index contributed by atoms with van der Waals surface area (Å²) in [6, 6.07) is 8.75. The molecule has 0 amide bonds. The topological polar surface area (TPSA) is 12.0 Å². The quantitative estimate of drug-likeness (QED) is 0.732. The van der Waals surface area contributed by atoms with Crippen molar-refractivity contribution in [3.8, 4) is 0 Å². The second-order valence-corrected chi connectivity index (χ2v) is 5.44. The van der Waals surface area contributed by atoms with Crippen molar-refractivity contribution in [1.82, 2.24) is 5.32 Å².